The predicted molar refractivity (Wildman–Crippen MR) is 82.9 cm³/mol. The van der Waals surface area contributed by atoms with E-state index in [-0.39, 0.29) is 5.75 Å². The van der Waals surface area contributed by atoms with Crippen LogP contribution in [0.3, 0.4) is 0 Å². The Bertz CT molecular complexity index is 510. The number of rotatable bonds is 6. The normalized spacial score (nSPS) is 13.5. The average Bonchev–Trinajstić information content (AvgIpc) is 2.34. The van der Waals surface area contributed by atoms with Crippen LogP contribution in [-0.2, 0) is 29.1 Å². The number of hydrogen-bond donors (Lipinski definition) is 0. The molecule has 0 saturated carbocycles. The Labute approximate surface area is 122 Å². The lowest BCUT2D eigenvalue weighted by atomic mass is 9.92. The van der Waals surface area contributed by atoms with E-state index in [9.17, 15) is 8.42 Å². The number of sulfone groups is 1. The maximum Gasteiger partial charge on any atom is 0.149 e. The van der Waals surface area contributed by atoms with Gasteiger partial charge in [-0.25, -0.2) is 8.42 Å². The summed E-state index contributed by atoms with van der Waals surface area (Å²) >= 11 is 6.38. The Morgan fingerprint density at radius 3 is 1.84 bits per heavy atom. The van der Waals surface area contributed by atoms with Crippen molar-refractivity contribution < 1.29 is 8.42 Å². The summed E-state index contributed by atoms with van der Waals surface area (Å²) in [5.74, 6) is 0.0000270. The molecule has 0 aliphatic heterocycles. The molecule has 1 atom stereocenters. The Kier molecular flexibility index (Phi) is 5.87. The van der Waals surface area contributed by atoms with Crippen LogP contribution in [0.4, 0.5) is 0 Å². The summed E-state index contributed by atoms with van der Waals surface area (Å²) < 4.78 is 22.9. The van der Waals surface area contributed by atoms with Gasteiger partial charge in [0.15, 0.2) is 0 Å². The van der Waals surface area contributed by atoms with E-state index in [1.54, 1.807) is 0 Å². The zero-order valence-corrected chi connectivity index (χ0v) is 13.7. The summed E-state index contributed by atoms with van der Waals surface area (Å²) in [5, 5.41) is -0.453. The monoisotopic (exact) mass is 302 g/mol. The Balaban J connectivity index is 3.31. The molecule has 0 amide bonds. The molecule has 1 aromatic carbocycles. The lowest BCUT2D eigenvalue weighted by Gasteiger charge is -2.19. The highest BCUT2D eigenvalue weighted by Gasteiger charge is 2.20. The molecule has 1 unspecified atom stereocenters. The topological polar surface area (TPSA) is 34.1 Å². The number of hydrogen-bond acceptors (Lipinski definition) is 2. The maximum absolute atomic E-state index is 11.5. The molecule has 19 heavy (non-hydrogen) atoms. The van der Waals surface area contributed by atoms with Crippen molar-refractivity contribution in [3.05, 3.63) is 34.4 Å². The third-order valence-electron chi connectivity index (χ3n) is 3.34. The molecule has 0 aliphatic rings. The molecule has 0 saturated heterocycles. The first-order chi connectivity index (χ1) is 8.82. The molecule has 1 rings (SSSR count). The Morgan fingerprint density at radius 1 is 1.05 bits per heavy atom. The smallest absolute Gasteiger partial charge is 0.149 e. The second-order valence-corrected chi connectivity index (χ2v) is 7.66. The van der Waals surface area contributed by atoms with Crippen LogP contribution in [0.25, 0.3) is 0 Å². The van der Waals surface area contributed by atoms with Crippen molar-refractivity contribution in [2.45, 2.75) is 45.4 Å². The van der Waals surface area contributed by atoms with Crippen molar-refractivity contribution in [3.63, 3.8) is 0 Å². The van der Waals surface area contributed by atoms with Crippen LogP contribution in [0.15, 0.2) is 12.1 Å². The van der Waals surface area contributed by atoms with E-state index in [0.717, 1.165) is 24.8 Å². The highest BCUT2D eigenvalue weighted by atomic mass is 35.5. The van der Waals surface area contributed by atoms with Crippen LogP contribution in [0.2, 0.25) is 0 Å². The molecule has 0 spiro atoms. The van der Waals surface area contributed by atoms with Gasteiger partial charge in [-0.05, 0) is 41.5 Å². The first-order valence-electron chi connectivity index (χ1n) is 6.78. The quantitative estimate of drug-likeness (QED) is 0.751. The summed E-state index contributed by atoms with van der Waals surface area (Å²) in [6.45, 7) is 6.30. The molecule has 0 fully saturated rings. The van der Waals surface area contributed by atoms with Crippen molar-refractivity contribution in [3.8, 4) is 0 Å². The van der Waals surface area contributed by atoms with Gasteiger partial charge >= 0.3 is 0 Å². The molecule has 0 aliphatic carbocycles. The molecule has 2 nitrogen and oxygen atoms in total. The molecule has 0 N–H and O–H groups in total. The molecule has 0 aromatic heterocycles. The first kappa shape index (κ1) is 16.5. The zero-order chi connectivity index (χ0) is 14.6. The Hall–Kier alpha value is -0.540. The summed E-state index contributed by atoms with van der Waals surface area (Å²) in [4.78, 5) is 0. The van der Waals surface area contributed by atoms with Gasteiger partial charge in [-0.1, -0.05) is 32.9 Å². The summed E-state index contributed by atoms with van der Waals surface area (Å²) in [5.41, 5.74) is 4.68. The van der Waals surface area contributed by atoms with Crippen molar-refractivity contribution in [2.75, 3.05) is 12.0 Å². The van der Waals surface area contributed by atoms with Gasteiger partial charge in [-0.2, -0.15) is 0 Å². The van der Waals surface area contributed by atoms with E-state index in [2.05, 4.69) is 32.9 Å². The van der Waals surface area contributed by atoms with Gasteiger partial charge in [-0.3, -0.25) is 0 Å². The van der Waals surface area contributed by atoms with Crippen LogP contribution in [-0.4, -0.2) is 20.4 Å². The number of halogens is 1. The van der Waals surface area contributed by atoms with Crippen LogP contribution >= 0.6 is 11.6 Å². The maximum atomic E-state index is 11.5. The molecular weight excluding hydrogens is 280 g/mol. The molecule has 108 valence electrons. The highest BCUT2D eigenvalue weighted by molar-refractivity contribution is 7.90. The number of aryl methyl sites for hydroxylation is 3. The number of alkyl halides is 1. The minimum atomic E-state index is -3.07. The lowest BCUT2D eigenvalue weighted by Crippen LogP contribution is -2.13. The first-order valence-corrected chi connectivity index (χ1v) is 9.28. The second-order valence-electron chi connectivity index (χ2n) is 4.95. The van der Waals surface area contributed by atoms with E-state index < -0.39 is 15.2 Å². The predicted octanol–water partition coefficient (Wildman–Crippen LogP) is 3.70. The Morgan fingerprint density at radius 2 is 1.53 bits per heavy atom. The third-order valence-corrected chi connectivity index (χ3v) is 4.84. The van der Waals surface area contributed by atoms with Crippen LogP contribution in [0, 0.1) is 0 Å². The molecule has 0 heterocycles. The van der Waals surface area contributed by atoms with Crippen LogP contribution in [0.1, 0.15) is 48.4 Å². The van der Waals surface area contributed by atoms with Crippen molar-refractivity contribution >= 4 is 21.4 Å². The number of benzene rings is 1. The fourth-order valence-electron chi connectivity index (χ4n) is 2.39. The van der Waals surface area contributed by atoms with Gasteiger partial charge in [0.25, 0.3) is 0 Å². The SMILES string of the molecule is CCc1cc(CC)c(C(Cl)CS(C)(=O)=O)c(CC)c1. The molecule has 4 heteroatoms. The second kappa shape index (κ2) is 6.76. The summed E-state index contributed by atoms with van der Waals surface area (Å²) in [7, 11) is -3.07. The van der Waals surface area contributed by atoms with Gasteiger partial charge < -0.3 is 0 Å². The standard InChI is InChI=1S/C15H23ClO2S/c1-5-11-8-12(6-2)15(13(7-3)9-11)14(16)10-19(4,17)18/h8-9,14H,5-7,10H2,1-4H3. The summed E-state index contributed by atoms with van der Waals surface area (Å²) in [6.07, 6.45) is 3.98. The zero-order valence-electron chi connectivity index (χ0n) is 12.2. The highest BCUT2D eigenvalue weighted by Crippen LogP contribution is 2.31. The largest absolute Gasteiger partial charge is 0.229 e. The minimum Gasteiger partial charge on any atom is -0.229 e. The van der Waals surface area contributed by atoms with Gasteiger partial charge in [0.05, 0.1) is 11.1 Å². The lowest BCUT2D eigenvalue weighted by molar-refractivity contribution is 0.600. The molecule has 0 bridgehead atoms. The van der Waals surface area contributed by atoms with E-state index in [0.29, 0.717) is 0 Å². The van der Waals surface area contributed by atoms with Gasteiger partial charge in [0.2, 0.25) is 0 Å². The van der Waals surface area contributed by atoms with Crippen molar-refractivity contribution in [1.29, 1.82) is 0 Å². The molecule has 1 aromatic rings. The fourth-order valence-corrected chi connectivity index (χ4v) is 4.06. The average molecular weight is 303 g/mol. The van der Waals surface area contributed by atoms with Gasteiger partial charge in [0, 0.05) is 6.26 Å². The van der Waals surface area contributed by atoms with Crippen LogP contribution < -0.4 is 0 Å². The summed E-state index contributed by atoms with van der Waals surface area (Å²) in [6, 6.07) is 4.32. The van der Waals surface area contributed by atoms with E-state index in [1.807, 2.05) is 0 Å². The van der Waals surface area contributed by atoms with Crippen LogP contribution in [0.5, 0.6) is 0 Å². The molecular formula is C15H23ClO2S. The third kappa shape index (κ3) is 4.50. The van der Waals surface area contributed by atoms with Crippen molar-refractivity contribution in [2.24, 2.45) is 0 Å². The van der Waals surface area contributed by atoms with Gasteiger partial charge in [-0.15, -0.1) is 11.6 Å². The van der Waals surface area contributed by atoms with E-state index >= 15 is 0 Å². The van der Waals surface area contributed by atoms with E-state index in [4.69, 9.17) is 11.6 Å². The minimum absolute atomic E-state index is 0.0000270. The molecule has 0 radical (unpaired) electrons. The van der Waals surface area contributed by atoms with E-state index in [1.165, 1.54) is 22.9 Å². The van der Waals surface area contributed by atoms with Crippen molar-refractivity contribution in [1.82, 2.24) is 0 Å². The fraction of sp³-hybridized carbons (Fsp3) is 0.600. The van der Waals surface area contributed by atoms with Gasteiger partial charge in [0.1, 0.15) is 9.84 Å².